The summed E-state index contributed by atoms with van der Waals surface area (Å²) in [4.78, 5) is 2.63. The van der Waals surface area contributed by atoms with E-state index in [-0.39, 0.29) is 16.4 Å². The third-order valence-electron chi connectivity index (χ3n) is 7.56. The smallest absolute Gasteiger partial charge is 0.190 e. The molecule has 6 nitrogen and oxygen atoms in total. The Balaban J connectivity index is 1.50. The number of aromatic hydroxyl groups is 2. The molecule has 2 aliphatic heterocycles. The minimum absolute atomic E-state index is 0.00104. The summed E-state index contributed by atoms with van der Waals surface area (Å²) in [5.41, 5.74) is 3.03. The summed E-state index contributed by atoms with van der Waals surface area (Å²) in [5.74, 6) is 1.47. The number of hydrogen-bond donors (Lipinski definition) is 2. The van der Waals surface area contributed by atoms with Gasteiger partial charge in [-0.3, -0.25) is 4.90 Å². The Labute approximate surface area is 218 Å². The fourth-order valence-corrected chi connectivity index (χ4v) is 7.67. The van der Waals surface area contributed by atoms with Gasteiger partial charge in [0.25, 0.3) is 0 Å². The maximum atomic E-state index is 14.0. The second kappa shape index (κ2) is 9.88. The molecule has 7 heteroatoms. The molecule has 1 saturated heterocycles. The number of phenols is 2. The van der Waals surface area contributed by atoms with Crippen molar-refractivity contribution < 1.29 is 23.4 Å². The zero-order valence-electron chi connectivity index (χ0n) is 21.4. The van der Waals surface area contributed by atoms with Crippen molar-refractivity contribution >= 4 is 21.0 Å². The van der Waals surface area contributed by atoms with Crippen LogP contribution in [0.5, 0.6) is 17.2 Å². The number of rotatable bonds is 6. The molecule has 0 bridgehead atoms. The molecule has 194 valence electrons. The normalized spacial score (nSPS) is 22.0. The summed E-state index contributed by atoms with van der Waals surface area (Å²) in [6, 6.07) is 18.6. The molecule has 2 N–H and O–H groups in total. The van der Waals surface area contributed by atoms with Crippen molar-refractivity contribution in [2.24, 2.45) is 5.92 Å². The molecule has 3 atom stereocenters. The zero-order valence-corrected chi connectivity index (χ0v) is 22.2. The first kappa shape index (κ1) is 25.4. The van der Waals surface area contributed by atoms with E-state index in [1.165, 1.54) is 24.6 Å². The van der Waals surface area contributed by atoms with E-state index in [2.05, 4.69) is 18.7 Å². The number of ether oxygens (including phenoxy) is 1. The van der Waals surface area contributed by atoms with E-state index in [1.807, 2.05) is 31.2 Å². The lowest BCUT2D eigenvalue weighted by atomic mass is 9.89. The summed E-state index contributed by atoms with van der Waals surface area (Å²) >= 11 is 0. The standard InChI is InChI=1S/C30H33NO5S/c1-19-13-14-31(17-19)20(2)18-36-26-10-7-22(8-11-26)30-29(23-5-4-6-24(32)15-23)21(3)27-16-25(33)9-12-28(27)37(30,34)35/h4-12,15-16,19-20,30,32-33H,13-14,17-18H2,1-3H3/t19-,20+,30?/m1/s1. The van der Waals surface area contributed by atoms with Crippen molar-refractivity contribution in [1.29, 1.82) is 0 Å². The highest BCUT2D eigenvalue weighted by molar-refractivity contribution is 7.92. The van der Waals surface area contributed by atoms with Crippen LogP contribution in [0.25, 0.3) is 11.1 Å². The Morgan fingerprint density at radius 3 is 2.43 bits per heavy atom. The van der Waals surface area contributed by atoms with Crippen LogP contribution >= 0.6 is 0 Å². The van der Waals surface area contributed by atoms with Crippen molar-refractivity contribution in [3.63, 3.8) is 0 Å². The van der Waals surface area contributed by atoms with Crippen LogP contribution in [0.4, 0.5) is 0 Å². The molecule has 2 heterocycles. The van der Waals surface area contributed by atoms with Crippen molar-refractivity contribution in [3.8, 4) is 17.2 Å². The summed E-state index contributed by atoms with van der Waals surface area (Å²) in [6.45, 7) is 9.05. The Kier molecular flexibility index (Phi) is 6.77. The Morgan fingerprint density at radius 1 is 1.03 bits per heavy atom. The number of fused-ring (bicyclic) bond motifs is 1. The molecular weight excluding hydrogens is 486 g/mol. The maximum absolute atomic E-state index is 14.0. The second-order valence-corrected chi connectivity index (χ2v) is 12.3. The van der Waals surface area contributed by atoms with Crippen LogP contribution in [0.3, 0.4) is 0 Å². The Hall–Kier alpha value is -3.29. The van der Waals surface area contributed by atoms with Gasteiger partial charge in [0.2, 0.25) is 0 Å². The summed E-state index contributed by atoms with van der Waals surface area (Å²) in [5, 5.41) is 19.3. The summed E-state index contributed by atoms with van der Waals surface area (Å²) in [6.07, 6.45) is 1.21. The highest BCUT2D eigenvalue weighted by Gasteiger charge is 2.40. The van der Waals surface area contributed by atoms with Gasteiger partial charge in [-0.05, 0) is 97.5 Å². The fourth-order valence-electron chi connectivity index (χ4n) is 5.50. The van der Waals surface area contributed by atoms with E-state index >= 15 is 0 Å². The largest absolute Gasteiger partial charge is 0.508 e. The van der Waals surface area contributed by atoms with Gasteiger partial charge < -0.3 is 14.9 Å². The van der Waals surface area contributed by atoms with Gasteiger partial charge in [0, 0.05) is 18.2 Å². The molecule has 0 spiro atoms. The lowest BCUT2D eigenvalue weighted by molar-refractivity contribution is 0.169. The number of benzene rings is 3. The monoisotopic (exact) mass is 519 g/mol. The quantitative estimate of drug-likeness (QED) is 0.437. The third-order valence-corrected chi connectivity index (χ3v) is 9.66. The first-order valence-electron chi connectivity index (χ1n) is 12.7. The molecule has 1 fully saturated rings. The Morgan fingerprint density at radius 2 is 1.76 bits per heavy atom. The average Bonchev–Trinajstić information content (AvgIpc) is 3.31. The minimum atomic E-state index is -3.85. The zero-order chi connectivity index (χ0) is 26.3. The number of likely N-dealkylation sites (tertiary alicyclic amines) is 1. The molecule has 3 aromatic rings. The van der Waals surface area contributed by atoms with Crippen molar-refractivity contribution in [2.75, 3.05) is 19.7 Å². The van der Waals surface area contributed by atoms with Crippen LogP contribution < -0.4 is 4.74 Å². The minimum Gasteiger partial charge on any atom is -0.508 e. The van der Waals surface area contributed by atoms with Gasteiger partial charge in [-0.2, -0.15) is 0 Å². The number of allylic oxidation sites excluding steroid dienone is 1. The fraction of sp³-hybridized carbons (Fsp3) is 0.333. The lowest BCUT2D eigenvalue weighted by Gasteiger charge is -2.30. The molecule has 0 radical (unpaired) electrons. The van der Waals surface area contributed by atoms with Crippen LogP contribution in [0.2, 0.25) is 0 Å². The van der Waals surface area contributed by atoms with Crippen molar-refractivity contribution in [3.05, 3.63) is 83.4 Å². The van der Waals surface area contributed by atoms with Gasteiger partial charge in [0.05, 0.1) is 4.90 Å². The third kappa shape index (κ3) is 4.86. The average molecular weight is 520 g/mol. The van der Waals surface area contributed by atoms with Gasteiger partial charge in [-0.1, -0.05) is 31.2 Å². The molecular formula is C30H33NO5S. The maximum Gasteiger partial charge on any atom is 0.190 e. The predicted octanol–water partition coefficient (Wildman–Crippen LogP) is 5.67. The van der Waals surface area contributed by atoms with E-state index in [0.717, 1.165) is 18.7 Å². The van der Waals surface area contributed by atoms with Gasteiger partial charge in [-0.25, -0.2) is 8.42 Å². The van der Waals surface area contributed by atoms with Crippen molar-refractivity contribution in [2.45, 2.75) is 43.4 Å². The van der Waals surface area contributed by atoms with E-state index in [1.54, 1.807) is 24.3 Å². The van der Waals surface area contributed by atoms with E-state index in [0.29, 0.717) is 46.6 Å². The van der Waals surface area contributed by atoms with Gasteiger partial charge in [0.15, 0.2) is 9.84 Å². The first-order chi connectivity index (χ1) is 17.6. The summed E-state index contributed by atoms with van der Waals surface area (Å²) < 4.78 is 34.0. The second-order valence-electron chi connectivity index (χ2n) is 10.3. The molecule has 5 rings (SSSR count). The lowest BCUT2D eigenvalue weighted by Crippen LogP contribution is -2.35. The molecule has 3 aromatic carbocycles. The summed E-state index contributed by atoms with van der Waals surface area (Å²) in [7, 11) is -3.85. The van der Waals surface area contributed by atoms with Gasteiger partial charge >= 0.3 is 0 Å². The number of phenolic OH excluding ortho intramolecular Hbond substituents is 2. The van der Waals surface area contributed by atoms with Crippen molar-refractivity contribution in [1.82, 2.24) is 4.90 Å². The topological polar surface area (TPSA) is 87.1 Å². The first-order valence-corrected chi connectivity index (χ1v) is 14.2. The van der Waals surface area contributed by atoms with E-state index in [4.69, 9.17) is 4.74 Å². The SMILES string of the molecule is CC1=C(c2cccc(O)c2)C(c2ccc(OC[C@H](C)N3CC[C@@H](C)C3)cc2)S(=O)(=O)c2ccc(O)cc21. The van der Waals surface area contributed by atoms with Gasteiger partial charge in [0.1, 0.15) is 29.1 Å². The Bertz CT molecular complexity index is 1450. The highest BCUT2D eigenvalue weighted by Crippen LogP contribution is 2.50. The van der Waals surface area contributed by atoms with E-state index < -0.39 is 15.1 Å². The highest BCUT2D eigenvalue weighted by atomic mass is 32.2. The molecule has 2 aliphatic rings. The molecule has 0 amide bonds. The number of hydrogen-bond acceptors (Lipinski definition) is 6. The van der Waals surface area contributed by atoms with Crippen LogP contribution in [0, 0.1) is 5.92 Å². The van der Waals surface area contributed by atoms with Crippen LogP contribution in [-0.2, 0) is 9.84 Å². The molecule has 1 unspecified atom stereocenters. The van der Waals surface area contributed by atoms with Gasteiger partial charge in [-0.15, -0.1) is 0 Å². The number of sulfone groups is 1. The van der Waals surface area contributed by atoms with E-state index in [9.17, 15) is 18.6 Å². The molecule has 0 aromatic heterocycles. The molecule has 0 saturated carbocycles. The number of nitrogens with zero attached hydrogens (tertiary/aromatic N) is 1. The van der Waals surface area contributed by atoms with Crippen LogP contribution in [0.1, 0.15) is 49.1 Å². The van der Waals surface area contributed by atoms with Crippen LogP contribution in [-0.4, -0.2) is 49.3 Å². The predicted molar refractivity (Wildman–Crippen MR) is 145 cm³/mol. The van der Waals surface area contributed by atoms with Crippen LogP contribution in [0.15, 0.2) is 71.6 Å². The molecule has 0 aliphatic carbocycles. The molecule has 37 heavy (non-hydrogen) atoms.